The third kappa shape index (κ3) is 2.82. The lowest BCUT2D eigenvalue weighted by molar-refractivity contribution is 0.174. The Bertz CT molecular complexity index is 223. The number of aromatic amines is 1. The Balaban J connectivity index is 2.43. The maximum Gasteiger partial charge on any atom is 0.123 e. The van der Waals surface area contributed by atoms with Crippen molar-refractivity contribution in [1.29, 1.82) is 0 Å². The fraction of sp³-hybridized carbons (Fsp3) is 0.667. The smallest absolute Gasteiger partial charge is 0.123 e. The van der Waals surface area contributed by atoms with E-state index in [0.29, 0.717) is 5.92 Å². The fourth-order valence-corrected chi connectivity index (χ4v) is 1.21. The summed E-state index contributed by atoms with van der Waals surface area (Å²) < 4.78 is 4.99. The number of nitrogens with zero attached hydrogens (tertiary/aromatic N) is 1. The normalized spacial score (nSPS) is 15.6. The number of nitrogens with one attached hydrogen (secondary N) is 1. The van der Waals surface area contributed by atoms with Gasteiger partial charge in [-0.25, -0.2) is 4.98 Å². The molecule has 0 aliphatic carbocycles. The van der Waals surface area contributed by atoms with Crippen molar-refractivity contribution in [2.45, 2.75) is 19.4 Å². The fourth-order valence-electron chi connectivity index (χ4n) is 1.21. The second-order valence-electron chi connectivity index (χ2n) is 3.26. The van der Waals surface area contributed by atoms with Gasteiger partial charge >= 0.3 is 0 Å². The molecule has 13 heavy (non-hydrogen) atoms. The summed E-state index contributed by atoms with van der Waals surface area (Å²) in [7, 11) is 1.70. The summed E-state index contributed by atoms with van der Waals surface area (Å²) in [5, 5.41) is 0. The number of aromatic nitrogens is 2. The van der Waals surface area contributed by atoms with Gasteiger partial charge in [-0.2, -0.15) is 0 Å². The molecule has 1 rings (SSSR count). The van der Waals surface area contributed by atoms with Crippen LogP contribution in [0.25, 0.3) is 0 Å². The van der Waals surface area contributed by atoms with Crippen LogP contribution in [-0.2, 0) is 4.74 Å². The van der Waals surface area contributed by atoms with E-state index >= 15 is 0 Å². The molecule has 0 amide bonds. The van der Waals surface area contributed by atoms with Crippen LogP contribution < -0.4 is 5.73 Å². The molecule has 0 aliphatic rings. The van der Waals surface area contributed by atoms with E-state index in [1.54, 1.807) is 19.5 Å². The maximum absolute atomic E-state index is 5.97. The van der Waals surface area contributed by atoms with E-state index in [0.717, 1.165) is 18.9 Å². The topological polar surface area (TPSA) is 63.9 Å². The summed E-state index contributed by atoms with van der Waals surface area (Å²) in [5.41, 5.74) is 5.97. The van der Waals surface area contributed by atoms with Crippen molar-refractivity contribution in [3.05, 3.63) is 18.2 Å². The van der Waals surface area contributed by atoms with Crippen LogP contribution in [0.3, 0.4) is 0 Å². The number of ether oxygens (including phenoxy) is 1. The molecule has 3 N–H and O–H groups in total. The Morgan fingerprint density at radius 3 is 3.00 bits per heavy atom. The van der Waals surface area contributed by atoms with Crippen molar-refractivity contribution in [3.8, 4) is 0 Å². The van der Waals surface area contributed by atoms with Gasteiger partial charge < -0.3 is 15.5 Å². The largest absolute Gasteiger partial charge is 0.385 e. The Morgan fingerprint density at radius 1 is 1.69 bits per heavy atom. The van der Waals surface area contributed by atoms with E-state index in [4.69, 9.17) is 10.5 Å². The summed E-state index contributed by atoms with van der Waals surface area (Å²) in [6.45, 7) is 2.85. The second-order valence-corrected chi connectivity index (χ2v) is 3.26. The molecule has 0 spiro atoms. The highest BCUT2D eigenvalue weighted by atomic mass is 16.5. The van der Waals surface area contributed by atoms with Crippen molar-refractivity contribution in [1.82, 2.24) is 9.97 Å². The van der Waals surface area contributed by atoms with E-state index in [1.165, 1.54) is 0 Å². The molecule has 0 saturated carbocycles. The first-order valence-corrected chi connectivity index (χ1v) is 4.49. The Kier molecular flexibility index (Phi) is 3.92. The first-order chi connectivity index (χ1) is 6.25. The van der Waals surface area contributed by atoms with Crippen LogP contribution in [0.15, 0.2) is 12.4 Å². The van der Waals surface area contributed by atoms with Crippen LogP contribution in [-0.4, -0.2) is 23.7 Å². The van der Waals surface area contributed by atoms with E-state index in [2.05, 4.69) is 16.9 Å². The van der Waals surface area contributed by atoms with Crippen LogP contribution in [0.1, 0.15) is 25.2 Å². The number of rotatable bonds is 5. The number of nitrogens with two attached hydrogens (primary N) is 1. The summed E-state index contributed by atoms with van der Waals surface area (Å²) in [5.74, 6) is 1.23. The number of imidazole rings is 1. The van der Waals surface area contributed by atoms with Gasteiger partial charge in [0.25, 0.3) is 0 Å². The Labute approximate surface area is 78.5 Å². The standard InChI is InChI=1S/C9H17N3O/c1-7(3-6-13-2)8(10)9-11-4-5-12-9/h4-5,7-8H,3,6,10H2,1-2H3,(H,11,12). The van der Waals surface area contributed by atoms with Gasteiger partial charge in [0.1, 0.15) is 5.82 Å². The molecule has 0 saturated heterocycles. The van der Waals surface area contributed by atoms with Crippen molar-refractivity contribution in [2.24, 2.45) is 11.7 Å². The number of hydrogen-bond acceptors (Lipinski definition) is 3. The maximum atomic E-state index is 5.97. The van der Waals surface area contributed by atoms with Gasteiger partial charge in [0, 0.05) is 26.1 Å². The zero-order chi connectivity index (χ0) is 9.68. The van der Waals surface area contributed by atoms with Crippen LogP contribution in [0.2, 0.25) is 0 Å². The third-order valence-corrected chi connectivity index (χ3v) is 2.23. The molecule has 0 bridgehead atoms. The zero-order valence-corrected chi connectivity index (χ0v) is 8.16. The molecular formula is C9H17N3O. The Morgan fingerprint density at radius 2 is 2.46 bits per heavy atom. The third-order valence-electron chi connectivity index (χ3n) is 2.23. The first-order valence-electron chi connectivity index (χ1n) is 4.49. The van der Waals surface area contributed by atoms with Gasteiger partial charge in [0.15, 0.2) is 0 Å². The molecule has 0 fully saturated rings. The molecule has 0 aliphatic heterocycles. The lowest BCUT2D eigenvalue weighted by Crippen LogP contribution is -2.21. The monoisotopic (exact) mass is 183 g/mol. The SMILES string of the molecule is COCCC(C)C(N)c1ncc[nH]1. The quantitative estimate of drug-likeness (QED) is 0.718. The summed E-state index contributed by atoms with van der Waals surface area (Å²) >= 11 is 0. The highest BCUT2D eigenvalue weighted by Crippen LogP contribution is 2.18. The molecule has 4 heteroatoms. The Hall–Kier alpha value is -0.870. The average Bonchev–Trinajstić information content (AvgIpc) is 2.65. The zero-order valence-electron chi connectivity index (χ0n) is 8.16. The van der Waals surface area contributed by atoms with Crippen LogP contribution >= 0.6 is 0 Å². The van der Waals surface area contributed by atoms with Crippen LogP contribution in [0, 0.1) is 5.92 Å². The highest BCUT2D eigenvalue weighted by Gasteiger charge is 2.16. The molecule has 2 atom stereocenters. The van der Waals surface area contributed by atoms with Crippen LogP contribution in [0.5, 0.6) is 0 Å². The minimum absolute atomic E-state index is 0.0230. The molecule has 1 aromatic heterocycles. The van der Waals surface area contributed by atoms with E-state index in [9.17, 15) is 0 Å². The average molecular weight is 183 g/mol. The second kappa shape index (κ2) is 4.99. The molecule has 4 nitrogen and oxygen atoms in total. The minimum atomic E-state index is -0.0230. The first kappa shape index (κ1) is 10.2. The predicted octanol–water partition coefficient (Wildman–Crippen LogP) is 1.08. The molecular weight excluding hydrogens is 166 g/mol. The summed E-state index contributed by atoms with van der Waals surface area (Å²) in [6.07, 6.45) is 4.47. The molecule has 0 aromatic carbocycles. The summed E-state index contributed by atoms with van der Waals surface area (Å²) in [6, 6.07) is -0.0230. The van der Waals surface area contributed by atoms with E-state index in [-0.39, 0.29) is 6.04 Å². The van der Waals surface area contributed by atoms with Crippen molar-refractivity contribution >= 4 is 0 Å². The van der Waals surface area contributed by atoms with Gasteiger partial charge in [-0.05, 0) is 12.3 Å². The van der Waals surface area contributed by atoms with E-state index < -0.39 is 0 Å². The van der Waals surface area contributed by atoms with Gasteiger partial charge in [0.2, 0.25) is 0 Å². The highest BCUT2D eigenvalue weighted by molar-refractivity contribution is 4.95. The van der Waals surface area contributed by atoms with Crippen molar-refractivity contribution in [3.63, 3.8) is 0 Å². The van der Waals surface area contributed by atoms with Crippen molar-refractivity contribution < 1.29 is 4.74 Å². The number of methoxy groups -OCH3 is 1. The van der Waals surface area contributed by atoms with Crippen molar-refractivity contribution in [2.75, 3.05) is 13.7 Å². The van der Waals surface area contributed by atoms with Gasteiger partial charge in [-0.1, -0.05) is 6.92 Å². The molecule has 74 valence electrons. The molecule has 2 unspecified atom stereocenters. The molecule has 1 aromatic rings. The number of H-pyrrole nitrogens is 1. The summed E-state index contributed by atoms with van der Waals surface area (Å²) in [4.78, 5) is 7.14. The lowest BCUT2D eigenvalue weighted by atomic mass is 9.99. The number of hydrogen-bond donors (Lipinski definition) is 2. The van der Waals surface area contributed by atoms with E-state index in [1.807, 2.05) is 0 Å². The van der Waals surface area contributed by atoms with Gasteiger partial charge in [-0.3, -0.25) is 0 Å². The molecule has 0 radical (unpaired) electrons. The minimum Gasteiger partial charge on any atom is -0.385 e. The lowest BCUT2D eigenvalue weighted by Gasteiger charge is -2.17. The predicted molar refractivity (Wildman–Crippen MR) is 51.2 cm³/mol. The van der Waals surface area contributed by atoms with Crippen LogP contribution in [0.4, 0.5) is 0 Å². The molecule has 1 heterocycles. The van der Waals surface area contributed by atoms with Gasteiger partial charge in [-0.15, -0.1) is 0 Å². The van der Waals surface area contributed by atoms with Gasteiger partial charge in [0.05, 0.1) is 6.04 Å².